The maximum absolute atomic E-state index is 12.1. The fourth-order valence-corrected chi connectivity index (χ4v) is 2.14. The molecule has 5 heteroatoms. The average Bonchev–Trinajstić information content (AvgIpc) is 3.00. The minimum atomic E-state index is -0.371. The van der Waals surface area contributed by atoms with Gasteiger partial charge in [-0.2, -0.15) is 0 Å². The largest absolute Gasteiger partial charge is 0.507 e. The summed E-state index contributed by atoms with van der Waals surface area (Å²) in [5.74, 6) is 0.318. The Bertz CT molecular complexity index is 809. The number of nitrogens with one attached hydrogen (secondary N) is 1. The van der Waals surface area contributed by atoms with Gasteiger partial charge in [0.15, 0.2) is 5.76 Å². The molecule has 0 aliphatic rings. The number of rotatable bonds is 3. The zero-order valence-corrected chi connectivity index (χ0v) is 12.2. The summed E-state index contributed by atoms with van der Waals surface area (Å²) >= 11 is 5.80. The SMILES string of the molecule is O=C(Nc1ccc(Cl)cc1)c1ccc(-c2ccccc2O)o1. The quantitative estimate of drug-likeness (QED) is 0.745. The van der Waals surface area contributed by atoms with Crippen LogP contribution >= 0.6 is 11.6 Å². The van der Waals surface area contributed by atoms with Gasteiger partial charge in [-0.15, -0.1) is 0 Å². The third-order valence-corrected chi connectivity index (χ3v) is 3.35. The molecule has 0 radical (unpaired) electrons. The second kappa shape index (κ2) is 5.95. The number of anilines is 1. The van der Waals surface area contributed by atoms with Gasteiger partial charge in [0.05, 0.1) is 5.56 Å². The Hall–Kier alpha value is -2.72. The number of hydrogen-bond donors (Lipinski definition) is 2. The molecule has 2 aromatic carbocycles. The van der Waals surface area contributed by atoms with E-state index in [1.54, 1.807) is 60.7 Å². The van der Waals surface area contributed by atoms with Crippen LogP contribution < -0.4 is 5.32 Å². The Morgan fingerprint density at radius 2 is 1.73 bits per heavy atom. The molecule has 4 nitrogen and oxygen atoms in total. The highest BCUT2D eigenvalue weighted by molar-refractivity contribution is 6.30. The first-order chi connectivity index (χ1) is 10.6. The van der Waals surface area contributed by atoms with E-state index in [0.29, 0.717) is 22.0 Å². The molecular formula is C17H12ClNO3. The normalized spacial score (nSPS) is 10.4. The van der Waals surface area contributed by atoms with Crippen LogP contribution in [0.25, 0.3) is 11.3 Å². The minimum Gasteiger partial charge on any atom is -0.507 e. The number of phenolic OH excluding ortho intramolecular Hbond substituents is 1. The van der Waals surface area contributed by atoms with E-state index in [9.17, 15) is 9.90 Å². The molecule has 0 aliphatic heterocycles. The van der Waals surface area contributed by atoms with Crippen molar-refractivity contribution in [2.75, 3.05) is 5.32 Å². The van der Waals surface area contributed by atoms with Gasteiger partial charge < -0.3 is 14.8 Å². The molecule has 1 amide bonds. The van der Waals surface area contributed by atoms with Crippen molar-refractivity contribution in [2.45, 2.75) is 0 Å². The van der Waals surface area contributed by atoms with Crippen molar-refractivity contribution in [1.29, 1.82) is 0 Å². The molecule has 3 rings (SSSR count). The number of phenols is 1. The number of benzene rings is 2. The molecule has 0 fully saturated rings. The van der Waals surface area contributed by atoms with Crippen molar-refractivity contribution < 1.29 is 14.3 Å². The molecular weight excluding hydrogens is 302 g/mol. The van der Waals surface area contributed by atoms with E-state index in [4.69, 9.17) is 16.0 Å². The van der Waals surface area contributed by atoms with Gasteiger partial charge in [-0.25, -0.2) is 0 Å². The molecule has 22 heavy (non-hydrogen) atoms. The van der Waals surface area contributed by atoms with E-state index in [1.165, 1.54) is 0 Å². The molecule has 1 aromatic heterocycles. The van der Waals surface area contributed by atoms with Crippen LogP contribution in [0.3, 0.4) is 0 Å². The number of halogens is 1. The molecule has 0 saturated heterocycles. The molecule has 0 bridgehead atoms. The topological polar surface area (TPSA) is 62.5 Å². The Labute approximate surface area is 132 Å². The first-order valence-corrected chi connectivity index (χ1v) is 6.96. The third kappa shape index (κ3) is 2.97. The summed E-state index contributed by atoms with van der Waals surface area (Å²) in [6.45, 7) is 0. The zero-order valence-electron chi connectivity index (χ0n) is 11.4. The van der Waals surface area contributed by atoms with Gasteiger partial charge in [0, 0.05) is 10.7 Å². The predicted molar refractivity (Wildman–Crippen MR) is 85.2 cm³/mol. The Balaban J connectivity index is 1.80. The highest BCUT2D eigenvalue weighted by atomic mass is 35.5. The molecule has 0 saturated carbocycles. The lowest BCUT2D eigenvalue weighted by atomic mass is 10.1. The number of hydrogen-bond acceptors (Lipinski definition) is 3. The fourth-order valence-electron chi connectivity index (χ4n) is 2.01. The van der Waals surface area contributed by atoms with Crippen LogP contribution in [0, 0.1) is 0 Å². The summed E-state index contributed by atoms with van der Waals surface area (Å²) < 4.78 is 5.51. The minimum absolute atomic E-state index is 0.0986. The van der Waals surface area contributed by atoms with Crippen molar-refractivity contribution in [3.63, 3.8) is 0 Å². The van der Waals surface area contributed by atoms with Crippen LogP contribution in [0.15, 0.2) is 65.1 Å². The highest BCUT2D eigenvalue weighted by Crippen LogP contribution is 2.30. The number of furan rings is 1. The molecule has 110 valence electrons. The third-order valence-electron chi connectivity index (χ3n) is 3.10. The predicted octanol–water partition coefficient (Wildman–Crippen LogP) is 4.56. The van der Waals surface area contributed by atoms with Crippen molar-refractivity contribution in [3.8, 4) is 17.1 Å². The summed E-state index contributed by atoms with van der Waals surface area (Å²) in [5.41, 5.74) is 1.16. The van der Waals surface area contributed by atoms with Gasteiger partial charge in [-0.05, 0) is 48.5 Å². The van der Waals surface area contributed by atoms with Crippen molar-refractivity contribution in [3.05, 3.63) is 71.4 Å². The summed E-state index contributed by atoms with van der Waals surface area (Å²) in [4.78, 5) is 12.1. The molecule has 1 heterocycles. The van der Waals surface area contributed by atoms with E-state index in [-0.39, 0.29) is 17.4 Å². The van der Waals surface area contributed by atoms with Gasteiger partial charge in [0.25, 0.3) is 5.91 Å². The lowest BCUT2D eigenvalue weighted by molar-refractivity contribution is 0.0997. The Kier molecular flexibility index (Phi) is 3.85. The second-order valence-corrected chi connectivity index (χ2v) is 5.08. The van der Waals surface area contributed by atoms with Gasteiger partial charge in [-0.3, -0.25) is 4.79 Å². The monoisotopic (exact) mass is 313 g/mol. The number of aromatic hydroxyl groups is 1. The molecule has 0 unspecified atom stereocenters. The Morgan fingerprint density at radius 1 is 1.00 bits per heavy atom. The average molecular weight is 314 g/mol. The first kappa shape index (κ1) is 14.2. The number of para-hydroxylation sites is 1. The summed E-state index contributed by atoms with van der Waals surface area (Å²) in [6.07, 6.45) is 0. The summed E-state index contributed by atoms with van der Waals surface area (Å²) in [5, 5.41) is 13.1. The molecule has 0 aliphatic carbocycles. The maximum atomic E-state index is 12.1. The lowest BCUT2D eigenvalue weighted by Crippen LogP contribution is -2.10. The maximum Gasteiger partial charge on any atom is 0.291 e. The van der Waals surface area contributed by atoms with E-state index < -0.39 is 0 Å². The van der Waals surface area contributed by atoms with E-state index in [1.807, 2.05) is 0 Å². The van der Waals surface area contributed by atoms with Gasteiger partial charge in [-0.1, -0.05) is 23.7 Å². The number of carbonyl (C=O) groups excluding carboxylic acids is 1. The zero-order chi connectivity index (χ0) is 15.5. The molecule has 3 aromatic rings. The van der Waals surface area contributed by atoms with Crippen LogP contribution in [-0.2, 0) is 0 Å². The number of carbonyl (C=O) groups is 1. The van der Waals surface area contributed by atoms with Crippen molar-refractivity contribution in [1.82, 2.24) is 0 Å². The van der Waals surface area contributed by atoms with Crippen LogP contribution in [0.4, 0.5) is 5.69 Å². The van der Waals surface area contributed by atoms with Gasteiger partial charge >= 0.3 is 0 Å². The van der Waals surface area contributed by atoms with E-state index >= 15 is 0 Å². The molecule has 2 N–H and O–H groups in total. The van der Waals surface area contributed by atoms with E-state index in [0.717, 1.165) is 0 Å². The van der Waals surface area contributed by atoms with Gasteiger partial charge in [0.1, 0.15) is 11.5 Å². The van der Waals surface area contributed by atoms with Crippen LogP contribution in [-0.4, -0.2) is 11.0 Å². The smallest absolute Gasteiger partial charge is 0.291 e. The van der Waals surface area contributed by atoms with Crippen LogP contribution in [0.1, 0.15) is 10.6 Å². The highest BCUT2D eigenvalue weighted by Gasteiger charge is 2.14. The van der Waals surface area contributed by atoms with Crippen LogP contribution in [0.2, 0.25) is 5.02 Å². The standard InChI is InChI=1S/C17H12ClNO3/c18-11-5-7-12(8-6-11)19-17(21)16-10-9-15(22-16)13-3-1-2-4-14(13)20/h1-10,20H,(H,19,21). The molecule has 0 spiro atoms. The summed E-state index contributed by atoms with van der Waals surface area (Å²) in [7, 11) is 0. The summed E-state index contributed by atoms with van der Waals surface area (Å²) in [6, 6.07) is 16.8. The van der Waals surface area contributed by atoms with Crippen molar-refractivity contribution >= 4 is 23.2 Å². The van der Waals surface area contributed by atoms with Gasteiger partial charge in [0.2, 0.25) is 0 Å². The van der Waals surface area contributed by atoms with Crippen LogP contribution in [0.5, 0.6) is 5.75 Å². The first-order valence-electron chi connectivity index (χ1n) is 6.58. The second-order valence-electron chi connectivity index (χ2n) is 4.64. The Morgan fingerprint density at radius 3 is 2.45 bits per heavy atom. The van der Waals surface area contributed by atoms with E-state index in [2.05, 4.69) is 5.32 Å². The van der Waals surface area contributed by atoms with Crippen molar-refractivity contribution in [2.24, 2.45) is 0 Å². The lowest BCUT2D eigenvalue weighted by Gasteiger charge is -2.03. The number of amides is 1. The fraction of sp³-hybridized carbons (Fsp3) is 0. The molecule has 0 atom stereocenters.